The molecule has 0 spiro atoms. The highest BCUT2D eigenvalue weighted by Gasteiger charge is 1.83. The molecule has 4 N–H and O–H groups in total. The molecule has 0 heterocycles. The van der Waals surface area contributed by atoms with Crippen molar-refractivity contribution in [1.29, 1.82) is 0 Å². The Balaban J connectivity index is -0.000000200. The van der Waals surface area contributed by atoms with Crippen LogP contribution in [-0.4, -0.2) is 25.4 Å². The van der Waals surface area contributed by atoms with Gasteiger partial charge in [-0.15, -0.1) is 0 Å². The molecule has 0 atom stereocenters. The molecule has 6 nitrogen and oxygen atoms in total. The highest BCUT2D eigenvalue weighted by atomic mass is 16.1. The summed E-state index contributed by atoms with van der Waals surface area (Å²) >= 11 is 0. The summed E-state index contributed by atoms with van der Waals surface area (Å²) in [5.41, 5.74) is 8.33. The summed E-state index contributed by atoms with van der Waals surface area (Å²) in [4.78, 5) is 17.2. The van der Waals surface area contributed by atoms with Crippen LogP contribution in [0, 0.1) is 0 Å². The molecule has 0 rings (SSSR count). The van der Waals surface area contributed by atoms with Gasteiger partial charge in [0.1, 0.15) is 0 Å². The van der Waals surface area contributed by atoms with Gasteiger partial charge in [0.15, 0.2) is 0 Å². The van der Waals surface area contributed by atoms with Gasteiger partial charge in [0.25, 0.3) is 0 Å². The number of carbonyl (C=O) groups is 2. The van der Waals surface area contributed by atoms with Crippen molar-refractivity contribution >= 4 is 12.8 Å². The van der Waals surface area contributed by atoms with Gasteiger partial charge in [0.2, 0.25) is 12.8 Å². The van der Waals surface area contributed by atoms with E-state index < -0.39 is 0 Å². The fourth-order valence-corrected chi connectivity index (χ4v) is 0.450. The van der Waals surface area contributed by atoms with Crippen molar-refractivity contribution in [3.8, 4) is 0 Å². The first-order valence-electron chi connectivity index (χ1n) is 4.77. The standard InChI is InChI=1S/C7H16N2.2CH3NO/c1-4-5-6-8-9-7(2)3;2*2-1-3/h7H,4-6H2,1-3H3;2*1H,(H2,2,3). The van der Waals surface area contributed by atoms with Gasteiger partial charge in [-0.1, -0.05) is 13.3 Å². The van der Waals surface area contributed by atoms with Crippen LogP contribution in [0.3, 0.4) is 0 Å². The quantitative estimate of drug-likeness (QED) is 0.414. The third-order valence-electron chi connectivity index (χ3n) is 0.924. The van der Waals surface area contributed by atoms with E-state index in [0.29, 0.717) is 6.04 Å². The molecule has 0 aromatic rings. The number of azo groups is 1. The van der Waals surface area contributed by atoms with E-state index in [1.165, 1.54) is 6.42 Å². The topological polar surface area (TPSA) is 111 Å². The number of nitrogens with two attached hydrogens (primary N) is 2. The second kappa shape index (κ2) is 22.9. The average molecular weight is 218 g/mol. The summed E-state index contributed by atoms with van der Waals surface area (Å²) in [5, 5.41) is 7.97. The molecule has 0 fully saturated rings. The number of primary amides is 2. The molecular formula is C9H22N4O2. The van der Waals surface area contributed by atoms with Crippen molar-refractivity contribution < 1.29 is 9.59 Å². The Labute approximate surface area is 91.1 Å². The molecule has 0 aliphatic heterocycles. The molecule has 15 heavy (non-hydrogen) atoms. The third-order valence-corrected chi connectivity index (χ3v) is 0.924. The predicted octanol–water partition coefficient (Wildman–Crippen LogP) is 0.850. The Kier molecular flexibility index (Phi) is 29.3. The smallest absolute Gasteiger partial charge is 0.204 e. The molecule has 0 aliphatic rings. The van der Waals surface area contributed by atoms with E-state index in [-0.39, 0.29) is 12.8 Å². The van der Waals surface area contributed by atoms with Crippen LogP contribution < -0.4 is 11.5 Å². The van der Waals surface area contributed by atoms with Crippen LogP contribution in [0.1, 0.15) is 33.6 Å². The van der Waals surface area contributed by atoms with Gasteiger partial charge in [0.05, 0.1) is 12.6 Å². The lowest BCUT2D eigenvalue weighted by Gasteiger charge is -1.91. The third kappa shape index (κ3) is 67.6. The number of hydrogen-bond acceptors (Lipinski definition) is 4. The molecule has 0 unspecified atom stereocenters. The van der Waals surface area contributed by atoms with Crippen LogP contribution in [-0.2, 0) is 9.59 Å². The van der Waals surface area contributed by atoms with Crippen molar-refractivity contribution in [2.45, 2.75) is 39.7 Å². The highest BCUT2D eigenvalue weighted by Crippen LogP contribution is 1.91. The van der Waals surface area contributed by atoms with Crippen LogP contribution >= 0.6 is 0 Å². The Bertz CT molecular complexity index is 143. The maximum atomic E-state index is 8.58. The van der Waals surface area contributed by atoms with Gasteiger partial charge in [-0.05, 0) is 20.3 Å². The van der Waals surface area contributed by atoms with E-state index >= 15 is 0 Å². The number of nitrogens with zero attached hydrogens (tertiary/aromatic N) is 2. The molecule has 6 heteroatoms. The van der Waals surface area contributed by atoms with Crippen LogP contribution in [0.5, 0.6) is 0 Å². The molecule has 0 saturated carbocycles. The second-order valence-corrected chi connectivity index (χ2v) is 2.70. The van der Waals surface area contributed by atoms with Gasteiger partial charge in [-0.25, -0.2) is 0 Å². The van der Waals surface area contributed by atoms with Crippen LogP contribution in [0.15, 0.2) is 10.2 Å². The first-order chi connectivity index (χ1) is 7.10. The molecule has 0 aliphatic carbocycles. The van der Waals surface area contributed by atoms with Crippen LogP contribution in [0.2, 0.25) is 0 Å². The average Bonchev–Trinajstić information content (AvgIpc) is 2.15. The predicted molar refractivity (Wildman–Crippen MR) is 60.3 cm³/mol. The summed E-state index contributed by atoms with van der Waals surface area (Å²) in [6, 6.07) is 0.363. The lowest BCUT2D eigenvalue weighted by Crippen LogP contribution is -1.86. The number of carbonyl (C=O) groups excluding carboxylic acids is 2. The summed E-state index contributed by atoms with van der Waals surface area (Å²) in [7, 11) is 0. The van der Waals surface area contributed by atoms with Gasteiger partial charge in [0, 0.05) is 0 Å². The minimum atomic E-state index is 0.250. The summed E-state index contributed by atoms with van der Waals surface area (Å²) in [6.45, 7) is 7.13. The maximum absolute atomic E-state index is 8.58. The normalized spacial score (nSPS) is 8.53. The SMILES string of the molecule is CCCCN=NC(C)C.NC=O.NC=O. The Morgan fingerprint density at radius 2 is 1.60 bits per heavy atom. The number of amides is 2. The molecule has 0 aromatic heterocycles. The van der Waals surface area contributed by atoms with E-state index in [0.717, 1.165) is 13.0 Å². The monoisotopic (exact) mass is 218 g/mol. The van der Waals surface area contributed by atoms with E-state index in [9.17, 15) is 0 Å². The minimum Gasteiger partial charge on any atom is -0.372 e. The van der Waals surface area contributed by atoms with Crippen molar-refractivity contribution in [3.05, 3.63) is 0 Å². The second-order valence-electron chi connectivity index (χ2n) is 2.70. The van der Waals surface area contributed by atoms with E-state index in [1.54, 1.807) is 0 Å². The summed E-state index contributed by atoms with van der Waals surface area (Å²) in [5.74, 6) is 0. The van der Waals surface area contributed by atoms with E-state index in [2.05, 4.69) is 28.6 Å². The molecule has 90 valence electrons. The lowest BCUT2D eigenvalue weighted by atomic mass is 10.3. The zero-order chi connectivity index (χ0) is 12.5. The van der Waals surface area contributed by atoms with Crippen molar-refractivity contribution in [3.63, 3.8) is 0 Å². The number of hydrogen-bond donors (Lipinski definition) is 2. The van der Waals surface area contributed by atoms with Gasteiger partial charge >= 0.3 is 0 Å². The molecule has 0 bridgehead atoms. The summed E-state index contributed by atoms with van der Waals surface area (Å²) in [6.07, 6.45) is 2.87. The van der Waals surface area contributed by atoms with Crippen LogP contribution in [0.25, 0.3) is 0 Å². The number of rotatable bonds is 4. The fourth-order valence-electron chi connectivity index (χ4n) is 0.450. The largest absolute Gasteiger partial charge is 0.372 e. The van der Waals surface area contributed by atoms with Crippen molar-refractivity contribution in [2.24, 2.45) is 21.7 Å². The fraction of sp³-hybridized carbons (Fsp3) is 0.778. The van der Waals surface area contributed by atoms with Gasteiger partial charge in [-0.2, -0.15) is 10.2 Å². The Morgan fingerprint density at radius 1 is 1.20 bits per heavy atom. The molecule has 0 aromatic carbocycles. The van der Waals surface area contributed by atoms with E-state index in [4.69, 9.17) is 9.59 Å². The zero-order valence-electron chi connectivity index (χ0n) is 9.72. The maximum Gasteiger partial charge on any atom is 0.204 e. The first kappa shape index (κ1) is 19.2. The Hall–Kier alpha value is -1.46. The Morgan fingerprint density at radius 3 is 1.87 bits per heavy atom. The summed E-state index contributed by atoms with van der Waals surface area (Å²) < 4.78 is 0. The lowest BCUT2D eigenvalue weighted by molar-refractivity contribution is -0.107. The molecule has 0 radical (unpaired) electrons. The van der Waals surface area contributed by atoms with E-state index in [1.807, 2.05) is 13.8 Å². The minimum absolute atomic E-state index is 0.250. The molecule has 2 amide bonds. The van der Waals surface area contributed by atoms with Gasteiger partial charge in [-0.3, -0.25) is 9.59 Å². The highest BCUT2D eigenvalue weighted by molar-refractivity contribution is 5.42. The van der Waals surface area contributed by atoms with Gasteiger partial charge < -0.3 is 11.5 Å². The molecule has 0 saturated heterocycles. The zero-order valence-corrected chi connectivity index (χ0v) is 9.72. The number of unbranched alkanes of at least 4 members (excludes halogenated alkanes) is 1. The first-order valence-corrected chi connectivity index (χ1v) is 4.77. The van der Waals surface area contributed by atoms with Crippen LogP contribution in [0.4, 0.5) is 0 Å². The molecular weight excluding hydrogens is 196 g/mol. The van der Waals surface area contributed by atoms with Crippen molar-refractivity contribution in [1.82, 2.24) is 0 Å². The van der Waals surface area contributed by atoms with Crippen molar-refractivity contribution in [2.75, 3.05) is 6.54 Å².